The van der Waals surface area contributed by atoms with E-state index in [0.717, 1.165) is 27.4 Å². The Morgan fingerprint density at radius 2 is 1.97 bits per heavy atom. The predicted octanol–water partition coefficient (Wildman–Crippen LogP) is 5.63. The molecule has 34 heavy (non-hydrogen) atoms. The smallest absolute Gasteiger partial charge is 0.307 e. The molecule has 0 unspecified atom stereocenters. The molecule has 7 nitrogen and oxygen atoms in total. The van der Waals surface area contributed by atoms with Crippen LogP contribution in [0.15, 0.2) is 36.7 Å². The first kappa shape index (κ1) is 22.9. The molecule has 0 bridgehead atoms. The van der Waals surface area contributed by atoms with Gasteiger partial charge < -0.3 is 15.5 Å². The Morgan fingerprint density at radius 3 is 2.68 bits per heavy atom. The number of anilines is 2. The van der Waals surface area contributed by atoms with Crippen LogP contribution in [0.1, 0.15) is 68.1 Å². The minimum Gasteiger partial charge on any atom is -0.481 e. The molecule has 178 valence electrons. The number of carboxylic acids is 1. The van der Waals surface area contributed by atoms with Gasteiger partial charge in [-0.3, -0.25) is 4.79 Å². The maximum Gasteiger partial charge on any atom is 0.307 e. The van der Waals surface area contributed by atoms with Gasteiger partial charge in [0.15, 0.2) is 0 Å². The summed E-state index contributed by atoms with van der Waals surface area (Å²) in [5.41, 5.74) is 2.47. The van der Waals surface area contributed by atoms with E-state index in [2.05, 4.69) is 32.4 Å². The number of aliphatic hydroxyl groups is 1. The molecule has 2 aliphatic rings. The lowest BCUT2D eigenvalue weighted by molar-refractivity contribution is -0.154. The third kappa shape index (κ3) is 4.57. The van der Waals surface area contributed by atoms with Crippen LogP contribution in [-0.2, 0) is 10.4 Å². The van der Waals surface area contributed by atoms with Crippen LogP contribution in [0.5, 0.6) is 0 Å². The van der Waals surface area contributed by atoms with Crippen molar-refractivity contribution in [1.29, 1.82) is 0 Å². The number of nitrogens with zero attached hydrogens (tertiary/aromatic N) is 3. The summed E-state index contributed by atoms with van der Waals surface area (Å²) in [6, 6.07) is 8.19. The van der Waals surface area contributed by atoms with E-state index in [1.54, 1.807) is 12.4 Å². The van der Waals surface area contributed by atoms with Gasteiger partial charge in [-0.25, -0.2) is 15.0 Å². The zero-order valence-electron chi connectivity index (χ0n) is 19.7. The molecule has 0 saturated heterocycles. The largest absolute Gasteiger partial charge is 0.481 e. The zero-order valence-corrected chi connectivity index (χ0v) is 20.5. The van der Waals surface area contributed by atoms with Crippen LogP contribution in [0.3, 0.4) is 0 Å². The quantitative estimate of drug-likeness (QED) is 0.421. The lowest BCUT2D eigenvalue weighted by Crippen LogP contribution is -2.44. The number of rotatable bonds is 6. The van der Waals surface area contributed by atoms with Crippen molar-refractivity contribution >= 4 is 28.9 Å². The summed E-state index contributed by atoms with van der Waals surface area (Å²) in [5, 5.41) is 25.0. The minimum atomic E-state index is -1.11. The van der Waals surface area contributed by atoms with Crippen molar-refractivity contribution in [2.24, 2.45) is 11.3 Å². The molecule has 3 N–H and O–H groups in total. The second-order valence-electron chi connectivity index (χ2n) is 10.4. The normalized spacial score (nSPS) is 24.1. The summed E-state index contributed by atoms with van der Waals surface area (Å²) in [6.45, 7) is 5.88. The highest BCUT2D eigenvalue weighted by molar-refractivity contribution is 7.15. The summed E-state index contributed by atoms with van der Waals surface area (Å²) in [7, 11) is 0. The topological polar surface area (TPSA) is 108 Å². The third-order valence-corrected chi connectivity index (χ3v) is 8.27. The molecule has 0 radical (unpaired) electrons. The molecule has 2 heterocycles. The van der Waals surface area contributed by atoms with Gasteiger partial charge in [0.25, 0.3) is 0 Å². The van der Waals surface area contributed by atoms with E-state index in [1.165, 1.54) is 24.2 Å². The Bertz CT molecular complexity index is 1240. The number of aromatic nitrogens is 3. The number of benzene rings is 1. The van der Waals surface area contributed by atoms with Crippen molar-refractivity contribution < 1.29 is 15.0 Å². The molecule has 2 fully saturated rings. The fraction of sp³-hybridized carbons (Fsp3) is 0.462. The molecular formula is C26H30N4O3S. The van der Waals surface area contributed by atoms with Crippen molar-refractivity contribution in [3.8, 4) is 10.4 Å². The van der Waals surface area contributed by atoms with Gasteiger partial charge in [-0.15, -0.1) is 11.3 Å². The Morgan fingerprint density at radius 1 is 1.18 bits per heavy atom. The molecule has 0 amide bonds. The molecule has 2 atom stereocenters. The fourth-order valence-electron chi connectivity index (χ4n) is 5.17. The van der Waals surface area contributed by atoms with E-state index in [1.807, 2.05) is 32.9 Å². The molecule has 2 aliphatic carbocycles. The van der Waals surface area contributed by atoms with Crippen LogP contribution in [0.25, 0.3) is 10.4 Å². The van der Waals surface area contributed by atoms with E-state index in [0.29, 0.717) is 36.1 Å². The Labute approximate surface area is 203 Å². The molecule has 3 aromatic rings. The van der Waals surface area contributed by atoms with E-state index >= 15 is 0 Å². The Kier molecular flexibility index (Phi) is 5.68. The van der Waals surface area contributed by atoms with Crippen molar-refractivity contribution in [1.82, 2.24) is 15.0 Å². The minimum absolute atomic E-state index is 0.374. The summed E-state index contributed by atoms with van der Waals surface area (Å²) in [6.07, 6.45) is 7.20. The van der Waals surface area contributed by atoms with Gasteiger partial charge in [-0.05, 0) is 73.8 Å². The van der Waals surface area contributed by atoms with Gasteiger partial charge in [0, 0.05) is 29.7 Å². The highest BCUT2D eigenvalue weighted by atomic mass is 32.1. The summed E-state index contributed by atoms with van der Waals surface area (Å²) in [5.74, 6) is -0.0946. The summed E-state index contributed by atoms with van der Waals surface area (Å²) in [4.78, 5) is 26.2. The van der Waals surface area contributed by atoms with Gasteiger partial charge >= 0.3 is 5.97 Å². The second kappa shape index (κ2) is 8.43. The summed E-state index contributed by atoms with van der Waals surface area (Å²) < 4.78 is 0. The number of nitrogens with one attached hydrogen (secondary N) is 1. The maximum atomic E-state index is 11.6. The maximum absolute atomic E-state index is 11.6. The highest BCUT2D eigenvalue weighted by Gasteiger charge is 2.49. The fourth-order valence-corrected chi connectivity index (χ4v) is 6.19. The standard InChI is InChI=1S/C26H30N4O3S/c1-15-10-17(12-18(11-15)29-24-27-9-7-20(30-24)16-4-5-16)21-13-28-23(34-21)26(33)8-6-19(22(31)32)25(2,3)14-26/h7,9-13,16,19,33H,4-6,8,14H2,1-3H3,(H,31,32)(H,27,29,30)/t19-,26-/m1/s1. The highest BCUT2D eigenvalue weighted by Crippen LogP contribution is 2.51. The third-order valence-electron chi connectivity index (χ3n) is 7.03. The van der Waals surface area contributed by atoms with Crippen molar-refractivity contribution in [3.05, 3.63) is 52.9 Å². The molecule has 5 rings (SSSR count). The lowest BCUT2D eigenvalue weighted by atomic mass is 9.63. The van der Waals surface area contributed by atoms with E-state index in [9.17, 15) is 15.0 Å². The first-order chi connectivity index (χ1) is 16.1. The first-order valence-electron chi connectivity index (χ1n) is 11.8. The van der Waals surface area contributed by atoms with Crippen LogP contribution in [0.4, 0.5) is 11.6 Å². The number of carboxylic acid groups (broad SMARTS) is 1. The molecule has 2 aromatic heterocycles. The monoisotopic (exact) mass is 478 g/mol. The lowest BCUT2D eigenvalue weighted by Gasteiger charge is -2.44. The molecule has 0 spiro atoms. The molecule has 1 aromatic carbocycles. The van der Waals surface area contributed by atoms with Crippen molar-refractivity contribution in [2.45, 2.75) is 64.4 Å². The molecule has 8 heteroatoms. The molecule has 0 aliphatic heterocycles. The van der Waals surface area contributed by atoms with Gasteiger partial charge in [-0.1, -0.05) is 19.9 Å². The first-order valence-corrected chi connectivity index (χ1v) is 12.6. The van der Waals surface area contributed by atoms with Crippen molar-refractivity contribution in [3.63, 3.8) is 0 Å². The van der Waals surface area contributed by atoms with Crippen LogP contribution in [0.2, 0.25) is 0 Å². The number of carbonyl (C=O) groups is 1. The number of thiazole rings is 1. The van der Waals surface area contributed by atoms with Gasteiger partial charge in [0.2, 0.25) is 5.95 Å². The summed E-state index contributed by atoms with van der Waals surface area (Å²) >= 11 is 1.47. The van der Waals surface area contributed by atoms with Crippen LogP contribution < -0.4 is 5.32 Å². The molecule has 2 saturated carbocycles. The molecular weight excluding hydrogens is 448 g/mol. The van der Waals surface area contributed by atoms with E-state index in [-0.39, 0.29) is 0 Å². The Balaban J connectivity index is 1.38. The number of hydrogen-bond acceptors (Lipinski definition) is 7. The number of aliphatic carboxylic acids is 1. The van der Waals surface area contributed by atoms with Crippen molar-refractivity contribution in [2.75, 3.05) is 5.32 Å². The number of hydrogen-bond donors (Lipinski definition) is 3. The van der Waals surface area contributed by atoms with E-state index in [4.69, 9.17) is 0 Å². The SMILES string of the molecule is Cc1cc(Nc2nccc(C3CC3)n2)cc(-c2cnc([C@@]3(O)CC[C@H](C(=O)O)C(C)(C)C3)s2)c1. The van der Waals surface area contributed by atoms with Crippen LogP contribution in [-0.4, -0.2) is 31.1 Å². The predicted molar refractivity (Wildman–Crippen MR) is 132 cm³/mol. The second-order valence-corrected chi connectivity index (χ2v) is 11.5. The zero-order chi connectivity index (χ0) is 24.1. The van der Waals surface area contributed by atoms with Gasteiger partial charge in [0.1, 0.15) is 10.6 Å². The van der Waals surface area contributed by atoms with Gasteiger partial charge in [-0.2, -0.15) is 0 Å². The Hall–Kier alpha value is -2.84. The van der Waals surface area contributed by atoms with Crippen LogP contribution >= 0.6 is 11.3 Å². The van der Waals surface area contributed by atoms with Crippen LogP contribution in [0, 0.1) is 18.3 Å². The van der Waals surface area contributed by atoms with E-state index < -0.39 is 22.9 Å². The number of aryl methyl sites for hydroxylation is 1. The average Bonchev–Trinajstić information content (AvgIpc) is 3.48. The van der Waals surface area contributed by atoms with Gasteiger partial charge in [0.05, 0.1) is 10.8 Å². The average molecular weight is 479 g/mol.